The topological polar surface area (TPSA) is 0 Å². The molecule has 0 aliphatic carbocycles. The second-order valence-corrected chi connectivity index (χ2v) is 6.43. The molecule has 1 heteroatoms. The third kappa shape index (κ3) is 12.7. The van der Waals surface area contributed by atoms with Gasteiger partial charge in [-0.1, -0.05) is 0 Å². The smallest absolute Gasteiger partial charge is 1.00 e. The van der Waals surface area contributed by atoms with Crippen LogP contribution in [0.2, 0.25) is 3.48 Å². The van der Waals surface area contributed by atoms with Gasteiger partial charge in [0, 0.05) is 0 Å². The van der Waals surface area contributed by atoms with E-state index in [9.17, 15) is 0 Å². The summed E-state index contributed by atoms with van der Waals surface area (Å²) in [6, 6.07) is 0. The molecule has 0 heterocycles. The van der Waals surface area contributed by atoms with Gasteiger partial charge in [-0.15, -0.1) is 0 Å². The molecule has 0 nitrogen and oxygen atoms in total. The molecule has 0 amide bonds. The Bertz CT molecular complexity index is 11.6. The first-order valence-electron chi connectivity index (χ1n) is 1.49. The average Bonchev–Trinajstić information content (AvgIpc) is 0.811. The molecule has 0 fully saturated rings. The van der Waals surface area contributed by atoms with Crippen molar-refractivity contribution in [2.75, 3.05) is 0 Å². The number of hydrogen-bond acceptors (Lipinski definition) is 0. The van der Waals surface area contributed by atoms with E-state index in [0.29, 0.717) is 0 Å². The Morgan fingerprint density at radius 1 is 1.75 bits per heavy atom. The quantitative estimate of drug-likeness (QED) is 0.563. The minimum atomic E-state index is 0. The van der Waals surface area contributed by atoms with E-state index in [-0.39, 0.29) is 1.43 Å². The fourth-order valence-corrected chi connectivity index (χ4v) is 0. The van der Waals surface area contributed by atoms with Crippen LogP contribution >= 0.6 is 0 Å². The van der Waals surface area contributed by atoms with Gasteiger partial charge in [0.1, 0.15) is 0 Å². The van der Waals surface area contributed by atoms with Crippen molar-refractivity contribution in [1.29, 1.82) is 0 Å². The first-order chi connectivity index (χ1) is 1.73. The van der Waals surface area contributed by atoms with Gasteiger partial charge in [-0.25, -0.2) is 0 Å². The minimum Gasteiger partial charge on any atom is -1.00 e. The van der Waals surface area contributed by atoms with Gasteiger partial charge >= 0.3 is 43.1 Å². The zero-order valence-electron chi connectivity index (χ0n) is 4.15. The Morgan fingerprint density at radius 3 is 1.75 bits per heavy atom. The summed E-state index contributed by atoms with van der Waals surface area (Å²) >= 11 is 1.19. The molecule has 0 rings (SSSR count). The Hall–Kier alpha value is 0.922. The Balaban J connectivity index is 0. The predicted octanol–water partition coefficient (Wildman–Crippen LogP) is 1.10. The normalized spacial score (nSPS) is 8.50. The van der Waals surface area contributed by atoms with Crippen LogP contribution in [0.3, 0.4) is 0 Å². The zero-order valence-corrected chi connectivity index (χ0v) is 7.64. The number of hydrogen-bond donors (Lipinski definition) is 0. The standard InChI is InChI=1S/C3H7.Tl.H/c1-3-2;;/h3H,1-2H3;;/q;;-1. The monoisotopic (exact) mass is 249 g/mol. The van der Waals surface area contributed by atoms with E-state index in [4.69, 9.17) is 0 Å². The number of rotatable bonds is 0. The Kier molecular flexibility index (Phi) is 2.68. The van der Waals surface area contributed by atoms with Gasteiger partial charge < -0.3 is 1.43 Å². The summed E-state index contributed by atoms with van der Waals surface area (Å²) in [5.74, 6) is 0. The van der Waals surface area contributed by atoms with Crippen LogP contribution in [0.1, 0.15) is 15.3 Å². The van der Waals surface area contributed by atoms with Gasteiger partial charge in [-0.05, 0) is 0 Å². The summed E-state index contributed by atoms with van der Waals surface area (Å²) in [4.78, 5) is 0. The van der Waals surface area contributed by atoms with Crippen molar-refractivity contribution in [3.8, 4) is 0 Å². The van der Waals surface area contributed by atoms with Crippen LogP contribution in [0, 0.1) is 0 Å². The SMILES string of the molecule is C[CH](C)[Tl].[H-]. The fraction of sp³-hybridized carbons (Fsp3) is 1.00. The zero-order chi connectivity index (χ0) is 3.58. The van der Waals surface area contributed by atoms with E-state index in [2.05, 4.69) is 13.8 Å². The molecule has 0 N–H and O–H groups in total. The maximum atomic E-state index is 2.24. The van der Waals surface area contributed by atoms with Crippen LogP contribution in [0.4, 0.5) is 0 Å². The van der Waals surface area contributed by atoms with Crippen molar-refractivity contribution >= 4 is 25.8 Å². The summed E-state index contributed by atoms with van der Waals surface area (Å²) in [7, 11) is 0. The fourth-order valence-electron chi connectivity index (χ4n) is 0. The van der Waals surface area contributed by atoms with Crippen molar-refractivity contribution in [3.63, 3.8) is 0 Å². The van der Waals surface area contributed by atoms with Crippen LogP contribution in [-0.4, -0.2) is 25.8 Å². The largest absolute Gasteiger partial charge is 1.00 e. The molecule has 0 bridgehead atoms. The minimum absolute atomic E-state index is 0. The third-order valence-electron chi connectivity index (χ3n) is 0. The van der Waals surface area contributed by atoms with Gasteiger partial charge in [0.15, 0.2) is 0 Å². The van der Waals surface area contributed by atoms with E-state index in [1.165, 1.54) is 25.8 Å². The molecule has 0 aromatic heterocycles. The molecule has 0 saturated carbocycles. The van der Waals surface area contributed by atoms with Crippen LogP contribution in [0.15, 0.2) is 0 Å². The van der Waals surface area contributed by atoms with Gasteiger partial charge in [0.05, 0.1) is 0 Å². The van der Waals surface area contributed by atoms with Crippen molar-refractivity contribution in [1.82, 2.24) is 0 Å². The maximum absolute atomic E-state index is 2.24. The van der Waals surface area contributed by atoms with E-state index in [0.717, 1.165) is 3.48 Å². The molecule has 0 aliphatic heterocycles. The summed E-state index contributed by atoms with van der Waals surface area (Å²) in [5.41, 5.74) is 0. The van der Waals surface area contributed by atoms with E-state index < -0.39 is 0 Å². The second kappa shape index (κ2) is 2.18. The average molecular weight is 248 g/mol. The van der Waals surface area contributed by atoms with Crippen LogP contribution in [-0.2, 0) is 0 Å². The Labute approximate surface area is 44.8 Å². The molecular formula is C3H8Tl-. The van der Waals surface area contributed by atoms with Gasteiger partial charge in [-0.2, -0.15) is 0 Å². The molecule has 0 radical (unpaired) electrons. The molecule has 0 spiro atoms. The summed E-state index contributed by atoms with van der Waals surface area (Å²) < 4.78 is 1.000. The molecule has 4 heavy (non-hydrogen) atoms. The summed E-state index contributed by atoms with van der Waals surface area (Å²) in [6.45, 7) is 4.48. The maximum Gasteiger partial charge on any atom is -1.00 e. The molecule has 24 valence electrons. The molecular weight excluding hydrogens is 240 g/mol. The van der Waals surface area contributed by atoms with Gasteiger partial charge in [0.25, 0.3) is 0 Å². The summed E-state index contributed by atoms with van der Waals surface area (Å²) in [6.07, 6.45) is 0. The molecule has 0 unspecified atom stereocenters. The third-order valence-corrected chi connectivity index (χ3v) is 0. The molecule has 0 aromatic carbocycles. The van der Waals surface area contributed by atoms with Crippen molar-refractivity contribution in [3.05, 3.63) is 0 Å². The molecule has 0 aliphatic rings. The molecule has 0 saturated heterocycles. The Morgan fingerprint density at radius 2 is 1.75 bits per heavy atom. The van der Waals surface area contributed by atoms with Crippen molar-refractivity contribution in [2.24, 2.45) is 0 Å². The van der Waals surface area contributed by atoms with Gasteiger partial charge in [0.2, 0.25) is 0 Å². The van der Waals surface area contributed by atoms with E-state index in [1.54, 1.807) is 0 Å². The van der Waals surface area contributed by atoms with Gasteiger partial charge in [-0.3, -0.25) is 0 Å². The second-order valence-electron chi connectivity index (χ2n) is 1.24. The summed E-state index contributed by atoms with van der Waals surface area (Å²) in [5, 5.41) is 0. The van der Waals surface area contributed by atoms with Crippen molar-refractivity contribution < 1.29 is 1.43 Å². The van der Waals surface area contributed by atoms with E-state index in [1.807, 2.05) is 0 Å². The predicted molar refractivity (Wildman–Crippen MR) is 22.0 cm³/mol. The molecule has 0 atom stereocenters. The molecule has 0 aromatic rings. The van der Waals surface area contributed by atoms with Crippen LogP contribution in [0.5, 0.6) is 0 Å². The van der Waals surface area contributed by atoms with Crippen LogP contribution < -0.4 is 0 Å². The first kappa shape index (κ1) is 4.92. The first-order valence-corrected chi connectivity index (χ1v) is 4.08. The van der Waals surface area contributed by atoms with E-state index >= 15 is 0 Å². The van der Waals surface area contributed by atoms with Crippen LogP contribution in [0.25, 0.3) is 0 Å². The van der Waals surface area contributed by atoms with Crippen molar-refractivity contribution in [2.45, 2.75) is 17.3 Å².